The predicted octanol–water partition coefficient (Wildman–Crippen LogP) is 3.56. The van der Waals surface area contributed by atoms with Crippen molar-refractivity contribution in [2.24, 2.45) is 5.92 Å². The molecule has 3 heterocycles. The molecule has 5 rings (SSSR count). The first-order valence-corrected chi connectivity index (χ1v) is 11.4. The molecule has 3 aliphatic rings. The van der Waals surface area contributed by atoms with Crippen molar-refractivity contribution in [2.75, 3.05) is 11.9 Å². The summed E-state index contributed by atoms with van der Waals surface area (Å²) in [6, 6.07) is 11.1. The Morgan fingerprint density at radius 3 is 2.96 bits per heavy atom. The summed E-state index contributed by atoms with van der Waals surface area (Å²) in [4.78, 5) is 21.2. The van der Waals surface area contributed by atoms with Crippen LogP contribution in [0.2, 0.25) is 0 Å². The molecule has 0 spiro atoms. The Labute approximate surface area is 170 Å². The van der Waals surface area contributed by atoms with Crippen LogP contribution in [-0.4, -0.2) is 34.4 Å². The van der Waals surface area contributed by atoms with E-state index in [9.17, 15) is 4.79 Å². The molecule has 1 aromatic carbocycles. The number of nitrogens with zero attached hydrogens (tertiary/aromatic N) is 2. The van der Waals surface area contributed by atoms with Crippen LogP contribution in [0.15, 0.2) is 30.3 Å². The van der Waals surface area contributed by atoms with Crippen molar-refractivity contribution in [2.45, 2.75) is 63.7 Å². The standard InChI is InChI=1S/C22H28N4OS/c27-21(19-12-16-8-4-5-9-17(16)23-19)25-22-24-18-10-11-26(14-20(18)28-22)13-15-6-2-1-3-7-15/h1-3,6-7,16-17,19,23H,4-5,8-14H2,(H,24,25,27). The Bertz CT molecular complexity index is 822. The fraction of sp³-hybridized carbons (Fsp3) is 0.545. The molecule has 0 bridgehead atoms. The number of hydrogen-bond donors (Lipinski definition) is 2. The van der Waals surface area contributed by atoms with Gasteiger partial charge in [0.1, 0.15) is 0 Å². The number of thiazole rings is 1. The van der Waals surface area contributed by atoms with Crippen LogP contribution in [0.4, 0.5) is 5.13 Å². The van der Waals surface area contributed by atoms with Gasteiger partial charge in [0.25, 0.3) is 0 Å². The maximum atomic E-state index is 12.8. The Morgan fingerprint density at radius 1 is 1.25 bits per heavy atom. The highest BCUT2D eigenvalue weighted by molar-refractivity contribution is 7.15. The normalized spacial score (nSPS) is 27.2. The second-order valence-electron chi connectivity index (χ2n) is 8.43. The lowest BCUT2D eigenvalue weighted by molar-refractivity contribution is -0.117. The highest BCUT2D eigenvalue weighted by Crippen LogP contribution is 2.34. The van der Waals surface area contributed by atoms with Crippen LogP contribution in [0.1, 0.15) is 48.2 Å². The molecule has 3 atom stereocenters. The van der Waals surface area contributed by atoms with E-state index in [1.807, 2.05) is 0 Å². The third kappa shape index (κ3) is 3.86. The van der Waals surface area contributed by atoms with Gasteiger partial charge in [-0.25, -0.2) is 4.98 Å². The molecule has 2 fully saturated rings. The van der Waals surface area contributed by atoms with Gasteiger partial charge in [-0.1, -0.05) is 43.2 Å². The molecule has 2 aromatic rings. The average Bonchev–Trinajstić information content (AvgIpc) is 3.32. The molecule has 28 heavy (non-hydrogen) atoms. The van der Waals surface area contributed by atoms with Crippen LogP contribution in [0.5, 0.6) is 0 Å². The van der Waals surface area contributed by atoms with Gasteiger partial charge in [-0.05, 0) is 30.7 Å². The average molecular weight is 397 g/mol. The summed E-state index contributed by atoms with van der Waals surface area (Å²) < 4.78 is 0. The molecule has 2 aliphatic heterocycles. The third-order valence-electron chi connectivity index (χ3n) is 6.47. The van der Waals surface area contributed by atoms with Gasteiger partial charge < -0.3 is 10.6 Å². The second-order valence-corrected chi connectivity index (χ2v) is 9.51. The van der Waals surface area contributed by atoms with Crippen molar-refractivity contribution < 1.29 is 4.79 Å². The van der Waals surface area contributed by atoms with Crippen molar-refractivity contribution in [1.82, 2.24) is 15.2 Å². The van der Waals surface area contributed by atoms with Crippen LogP contribution in [0.3, 0.4) is 0 Å². The summed E-state index contributed by atoms with van der Waals surface area (Å²) in [6.07, 6.45) is 7.03. The molecular weight excluding hydrogens is 368 g/mol. The molecule has 148 valence electrons. The highest BCUT2D eigenvalue weighted by atomic mass is 32.1. The molecule has 5 nitrogen and oxygen atoms in total. The van der Waals surface area contributed by atoms with Crippen molar-refractivity contribution in [3.8, 4) is 0 Å². The fourth-order valence-corrected chi connectivity index (χ4v) is 6.05. The number of anilines is 1. The maximum Gasteiger partial charge on any atom is 0.243 e. The van der Waals surface area contributed by atoms with Crippen molar-refractivity contribution in [3.05, 3.63) is 46.5 Å². The van der Waals surface area contributed by atoms with E-state index in [4.69, 9.17) is 4.98 Å². The van der Waals surface area contributed by atoms with Crippen LogP contribution in [0, 0.1) is 5.92 Å². The smallest absolute Gasteiger partial charge is 0.243 e. The monoisotopic (exact) mass is 396 g/mol. The quantitative estimate of drug-likeness (QED) is 0.830. The number of amides is 1. The van der Waals surface area contributed by atoms with Crippen LogP contribution >= 0.6 is 11.3 Å². The molecule has 2 N–H and O–H groups in total. The summed E-state index contributed by atoms with van der Waals surface area (Å²) in [5.41, 5.74) is 2.51. The number of rotatable bonds is 4. The fourth-order valence-electron chi connectivity index (χ4n) is 4.99. The van der Waals surface area contributed by atoms with Gasteiger partial charge in [0.2, 0.25) is 5.91 Å². The minimum absolute atomic E-state index is 0.0522. The zero-order valence-corrected chi connectivity index (χ0v) is 17.0. The number of hydrogen-bond acceptors (Lipinski definition) is 5. The molecule has 1 amide bonds. The minimum atomic E-state index is -0.0522. The van der Waals surface area contributed by atoms with Gasteiger partial charge >= 0.3 is 0 Å². The Kier molecular flexibility index (Phi) is 5.18. The molecule has 1 aliphatic carbocycles. The predicted molar refractivity (Wildman–Crippen MR) is 112 cm³/mol. The van der Waals surface area contributed by atoms with E-state index in [2.05, 4.69) is 45.9 Å². The van der Waals surface area contributed by atoms with Crippen LogP contribution in [-0.2, 0) is 24.3 Å². The minimum Gasteiger partial charge on any atom is -0.303 e. The largest absolute Gasteiger partial charge is 0.303 e. The van der Waals surface area contributed by atoms with E-state index in [1.165, 1.54) is 36.1 Å². The summed E-state index contributed by atoms with van der Waals surface area (Å²) in [6.45, 7) is 2.91. The van der Waals surface area contributed by atoms with E-state index in [1.54, 1.807) is 11.3 Å². The molecular formula is C22H28N4OS. The van der Waals surface area contributed by atoms with Crippen molar-refractivity contribution >= 4 is 22.4 Å². The van der Waals surface area contributed by atoms with E-state index < -0.39 is 0 Å². The molecule has 0 radical (unpaired) electrons. The van der Waals surface area contributed by atoms with Gasteiger partial charge in [0.15, 0.2) is 5.13 Å². The first kappa shape index (κ1) is 18.3. The Morgan fingerprint density at radius 2 is 2.11 bits per heavy atom. The van der Waals surface area contributed by atoms with Gasteiger partial charge in [-0.3, -0.25) is 9.69 Å². The molecule has 1 saturated carbocycles. The van der Waals surface area contributed by atoms with Gasteiger partial charge in [-0.15, -0.1) is 11.3 Å². The maximum absolute atomic E-state index is 12.8. The lowest BCUT2D eigenvalue weighted by Crippen LogP contribution is -2.39. The first-order valence-electron chi connectivity index (χ1n) is 10.6. The lowest BCUT2D eigenvalue weighted by atomic mass is 9.85. The zero-order valence-electron chi connectivity index (χ0n) is 16.2. The van der Waals surface area contributed by atoms with Crippen molar-refractivity contribution in [1.29, 1.82) is 0 Å². The summed E-state index contributed by atoms with van der Waals surface area (Å²) >= 11 is 1.65. The Hall–Kier alpha value is -1.76. The lowest BCUT2D eigenvalue weighted by Gasteiger charge is -2.25. The Balaban J connectivity index is 1.20. The number of aromatic nitrogens is 1. The van der Waals surface area contributed by atoms with E-state index in [0.717, 1.165) is 43.3 Å². The number of benzene rings is 1. The molecule has 3 unspecified atom stereocenters. The second kappa shape index (κ2) is 7.93. The van der Waals surface area contributed by atoms with Gasteiger partial charge in [0.05, 0.1) is 11.7 Å². The third-order valence-corrected chi connectivity index (χ3v) is 7.47. The van der Waals surface area contributed by atoms with E-state index in [-0.39, 0.29) is 11.9 Å². The van der Waals surface area contributed by atoms with Gasteiger partial charge in [-0.2, -0.15) is 0 Å². The van der Waals surface area contributed by atoms with Crippen LogP contribution < -0.4 is 10.6 Å². The zero-order chi connectivity index (χ0) is 18.9. The number of fused-ring (bicyclic) bond motifs is 2. The van der Waals surface area contributed by atoms with Gasteiger partial charge in [0, 0.05) is 37.0 Å². The summed E-state index contributed by atoms with van der Waals surface area (Å²) in [5.74, 6) is 0.780. The summed E-state index contributed by atoms with van der Waals surface area (Å²) in [5, 5.41) is 7.44. The van der Waals surface area contributed by atoms with Crippen molar-refractivity contribution in [3.63, 3.8) is 0 Å². The number of carbonyl (C=O) groups excluding carboxylic acids is 1. The first-order chi connectivity index (χ1) is 13.7. The van der Waals surface area contributed by atoms with E-state index in [0.29, 0.717) is 12.0 Å². The SMILES string of the molecule is O=C(Nc1nc2c(s1)CN(Cc1ccccc1)CC2)C1CC2CCCCC2N1. The van der Waals surface area contributed by atoms with Crippen LogP contribution in [0.25, 0.3) is 0 Å². The number of carbonyl (C=O) groups is 1. The number of nitrogens with one attached hydrogen (secondary N) is 2. The molecule has 1 aromatic heterocycles. The topological polar surface area (TPSA) is 57.3 Å². The highest BCUT2D eigenvalue weighted by Gasteiger charge is 2.38. The summed E-state index contributed by atoms with van der Waals surface area (Å²) in [7, 11) is 0. The molecule has 6 heteroatoms. The van der Waals surface area contributed by atoms with E-state index >= 15 is 0 Å². The molecule has 1 saturated heterocycles.